The van der Waals surface area contributed by atoms with Crippen molar-refractivity contribution in [2.75, 3.05) is 38.8 Å². The molecule has 0 spiro atoms. The Kier molecular flexibility index (Phi) is 6.24. The van der Waals surface area contributed by atoms with Gasteiger partial charge in [-0.05, 0) is 30.4 Å². The van der Waals surface area contributed by atoms with Crippen molar-refractivity contribution < 1.29 is 9.47 Å². The molecule has 1 aromatic carbocycles. The number of ether oxygens (including phenoxy) is 2. The summed E-state index contributed by atoms with van der Waals surface area (Å²) < 4.78 is 10.3. The molecule has 0 saturated heterocycles. The predicted molar refractivity (Wildman–Crippen MR) is 85.0 cm³/mol. The van der Waals surface area contributed by atoms with Crippen LogP contribution in [0.4, 0.5) is 5.82 Å². The van der Waals surface area contributed by atoms with Gasteiger partial charge in [0, 0.05) is 25.6 Å². The Morgan fingerprint density at radius 3 is 2.86 bits per heavy atom. The van der Waals surface area contributed by atoms with E-state index in [1.807, 2.05) is 30.3 Å². The molecule has 0 unspecified atom stereocenters. The van der Waals surface area contributed by atoms with Gasteiger partial charge < -0.3 is 19.8 Å². The van der Waals surface area contributed by atoms with E-state index in [2.05, 4.69) is 10.3 Å². The van der Waals surface area contributed by atoms with Crippen molar-refractivity contribution in [1.82, 2.24) is 4.98 Å². The Labute approximate surface area is 124 Å². The Morgan fingerprint density at radius 1 is 1.14 bits per heavy atom. The summed E-state index contributed by atoms with van der Waals surface area (Å²) in [5.74, 6) is 0.763. The quantitative estimate of drug-likeness (QED) is 0.696. The lowest BCUT2D eigenvalue weighted by atomic mass is 10.2. The van der Waals surface area contributed by atoms with E-state index in [1.54, 1.807) is 7.11 Å². The highest BCUT2D eigenvalue weighted by molar-refractivity contribution is 5.83. The van der Waals surface area contributed by atoms with Gasteiger partial charge in [0.05, 0.1) is 13.2 Å². The van der Waals surface area contributed by atoms with Crippen molar-refractivity contribution in [1.29, 1.82) is 0 Å². The van der Waals surface area contributed by atoms with Crippen LogP contribution in [-0.4, -0.2) is 38.5 Å². The molecule has 1 aromatic heterocycles. The van der Waals surface area contributed by atoms with E-state index < -0.39 is 0 Å². The molecule has 0 bridgehead atoms. The van der Waals surface area contributed by atoms with Crippen LogP contribution < -0.4 is 10.9 Å². The topological polar surface area (TPSA) is 63.4 Å². The van der Waals surface area contributed by atoms with Gasteiger partial charge in [-0.3, -0.25) is 4.79 Å². The smallest absolute Gasteiger partial charge is 0.257 e. The lowest BCUT2D eigenvalue weighted by Crippen LogP contribution is -2.12. The van der Waals surface area contributed by atoms with Crippen molar-refractivity contribution in [3.8, 4) is 0 Å². The molecule has 0 saturated carbocycles. The first-order chi connectivity index (χ1) is 10.3. The molecule has 0 atom stereocenters. The van der Waals surface area contributed by atoms with Gasteiger partial charge in [0.1, 0.15) is 5.82 Å². The third kappa shape index (κ3) is 4.88. The van der Waals surface area contributed by atoms with E-state index >= 15 is 0 Å². The Hall–Kier alpha value is -1.85. The average molecular weight is 290 g/mol. The summed E-state index contributed by atoms with van der Waals surface area (Å²) >= 11 is 0. The lowest BCUT2D eigenvalue weighted by molar-refractivity contribution is 0.0691. The van der Waals surface area contributed by atoms with Gasteiger partial charge >= 0.3 is 0 Å². The zero-order valence-corrected chi connectivity index (χ0v) is 12.4. The lowest BCUT2D eigenvalue weighted by Gasteiger charge is -2.08. The van der Waals surface area contributed by atoms with Gasteiger partial charge in [0.2, 0.25) is 0 Å². The highest BCUT2D eigenvalue weighted by Gasteiger charge is 2.00. The van der Waals surface area contributed by atoms with Crippen molar-refractivity contribution >= 4 is 16.6 Å². The minimum Gasteiger partial charge on any atom is -0.382 e. The number of pyridine rings is 1. The number of aromatic nitrogens is 1. The van der Waals surface area contributed by atoms with Crippen LogP contribution in [0.3, 0.4) is 0 Å². The van der Waals surface area contributed by atoms with Crippen LogP contribution in [0.5, 0.6) is 0 Å². The van der Waals surface area contributed by atoms with Crippen molar-refractivity contribution in [3.63, 3.8) is 0 Å². The highest BCUT2D eigenvalue weighted by Crippen LogP contribution is 2.12. The summed E-state index contributed by atoms with van der Waals surface area (Å²) in [4.78, 5) is 14.8. The summed E-state index contributed by atoms with van der Waals surface area (Å²) in [6.07, 6.45) is 1.97. The van der Waals surface area contributed by atoms with Gasteiger partial charge in [-0.15, -0.1) is 0 Å². The molecular weight excluding hydrogens is 268 g/mol. The molecule has 0 fully saturated rings. The first-order valence-corrected chi connectivity index (χ1v) is 7.24. The molecule has 5 nitrogen and oxygen atoms in total. The first-order valence-electron chi connectivity index (χ1n) is 7.24. The van der Waals surface area contributed by atoms with E-state index in [0.717, 1.165) is 42.6 Å². The summed E-state index contributed by atoms with van der Waals surface area (Å²) in [7, 11) is 1.66. The number of nitrogens with one attached hydrogen (secondary N) is 2. The second kappa shape index (κ2) is 8.44. The first kappa shape index (κ1) is 15.5. The fourth-order valence-electron chi connectivity index (χ4n) is 2.10. The average Bonchev–Trinajstić information content (AvgIpc) is 2.50. The second-order valence-electron chi connectivity index (χ2n) is 4.84. The van der Waals surface area contributed by atoms with Crippen LogP contribution in [0.15, 0.2) is 35.1 Å². The maximum Gasteiger partial charge on any atom is 0.257 e. The van der Waals surface area contributed by atoms with Gasteiger partial charge in [-0.25, -0.2) is 0 Å². The number of aromatic amines is 1. The molecule has 0 aliphatic heterocycles. The number of fused-ring (bicyclic) bond motifs is 1. The molecule has 2 aromatic rings. The van der Waals surface area contributed by atoms with Crippen LogP contribution in [0.1, 0.15) is 12.8 Å². The second-order valence-corrected chi connectivity index (χ2v) is 4.84. The number of rotatable bonds is 9. The zero-order valence-electron chi connectivity index (χ0n) is 12.4. The fourth-order valence-corrected chi connectivity index (χ4v) is 2.10. The number of anilines is 1. The molecule has 114 valence electrons. The van der Waals surface area contributed by atoms with E-state index in [-0.39, 0.29) is 5.56 Å². The molecule has 0 aliphatic carbocycles. The molecule has 0 amide bonds. The molecule has 5 heteroatoms. The highest BCUT2D eigenvalue weighted by atomic mass is 16.5. The summed E-state index contributed by atoms with van der Waals surface area (Å²) in [5.41, 5.74) is -0.0569. The maximum absolute atomic E-state index is 11.9. The fraction of sp³-hybridized carbons (Fsp3) is 0.438. The van der Waals surface area contributed by atoms with Crippen molar-refractivity contribution in [2.45, 2.75) is 12.8 Å². The van der Waals surface area contributed by atoms with Crippen LogP contribution in [0, 0.1) is 0 Å². The maximum atomic E-state index is 11.9. The molecule has 0 radical (unpaired) electrons. The minimum absolute atomic E-state index is 0.0569. The van der Waals surface area contributed by atoms with E-state index in [1.165, 1.54) is 0 Å². The van der Waals surface area contributed by atoms with Crippen LogP contribution in [0.25, 0.3) is 10.8 Å². The summed E-state index contributed by atoms with van der Waals surface area (Å²) in [6.45, 7) is 2.82. The Bertz CT molecular complexity index is 610. The number of hydrogen-bond acceptors (Lipinski definition) is 4. The summed E-state index contributed by atoms with van der Waals surface area (Å²) in [6, 6.07) is 9.54. The molecule has 2 rings (SSSR count). The van der Waals surface area contributed by atoms with Crippen LogP contribution in [0.2, 0.25) is 0 Å². The van der Waals surface area contributed by atoms with Crippen LogP contribution in [-0.2, 0) is 9.47 Å². The van der Waals surface area contributed by atoms with Crippen molar-refractivity contribution in [2.24, 2.45) is 0 Å². The monoisotopic (exact) mass is 290 g/mol. The van der Waals surface area contributed by atoms with Crippen LogP contribution >= 0.6 is 0 Å². The third-order valence-electron chi connectivity index (χ3n) is 3.22. The minimum atomic E-state index is -0.0569. The third-order valence-corrected chi connectivity index (χ3v) is 3.22. The SMILES string of the molecule is COCCOCCCCNc1cc2ccccc2c(=O)[nH]1. The molecule has 21 heavy (non-hydrogen) atoms. The molecule has 2 N–H and O–H groups in total. The molecular formula is C16H22N2O3. The number of unbranched alkanes of at least 4 members (excludes halogenated alkanes) is 1. The predicted octanol–water partition coefficient (Wildman–Crippen LogP) is 2.38. The number of hydrogen-bond donors (Lipinski definition) is 2. The van der Waals surface area contributed by atoms with E-state index in [0.29, 0.717) is 13.2 Å². The Morgan fingerprint density at radius 2 is 2.00 bits per heavy atom. The standard InChI is InChI=1S/C16H22N2O3/c1-20-10-11-21-9-5-4-8-17-15-12-13-6-2-3-7-14(13)16(19)18-15/h2-3,6-7,12H,4-5,8-11H2,1H3,(H2,17,18,19). The molecule has 1 heterocycles. The Balaban J connectivity index is 1.75. The van der Waals surface area contributed by atoms with Gasteiger partial charge in [0.15, 0.2) is 0 Å². The van der Waals surface area contributed by atoms with E-state index in [4.69, 9.17) is 9.47 Å². The zero-order chi connectivity index (χ0) is 14.9. The van der Waals surface area contributed by atoms with Gasteiger partial charge in [0.25, 0.3) is 5.56 Å². The number of methoxy groups -OCH3 is 1. The number of benzene rings is 1. The number of H-pyrrole nitrogens is 1. The van der Waals surface area contributed by atoms with Crippen molar-refractivity contribution in [3.05, 3.63) is 40.7 Å². The van der Waals surface area contributed by atoms with E-state index in [9.17, 15) is 4.79 Å². The van der Waals surface area contributed by atoms with Gasteiger partial charge in [-0.2, -0.15) is 0 Å². The van der Waals surface area contributed by atoms with Gasteiger partial charge in [-0.1, -0.05) is 18.2 Å². The largest absolute Gasteiger partial charge is 0.382 e. The molecule has 0 aliphatic rings. The normalized spacial score (nSPS) is 10.9. The summed E-state index contributed by atoms with van der Waals surface area (Å²) in [5, 5.41) is 4.91.